The molecule has 114 valence electrons. The summed E-state index contributed by atoms with van der Waals surface area (Å²) < 4.78 is 0. The minimum absolute atomic E-state index is 0.127. The third kappa shape index (κ3) is 2.35. The maximum Gasteiger partial charge on any atom is 0.144 e. The molecule has 3 aliphatic carbocycles. The van der Waals surface area contributed by atoms with Crippen molar-refractivity contribution in [2.24, 2.45) is 21.7 Å². The molecule has 0 atom stereocenters. The Morgan fingerprint density at radius 2 is 0.800 bits per heavy atom. The standard InChI is InChI=1S/C18H30O2/c1-15(2,3)13(19)17-7-10-18(11-8-17,12-9-17)14(20)16(4,5)6/h7-12H2,1-6H3. The second kappa shape index (κ2) is 4.42. The molecule has 0 aromatic carbocycles. The molecule has 3 saturated carbocycles. The quantitative estimate of drug-likeness (QED) is 0.742. The smallest absolute Gasteiger partial charge is 0.144 e. The first kappa shape index (κ1) is 15.7. The summed E-state index contributed by atoms with van der Waals surface area (Å²) in [5.74, 6) is 0.836. The predicted molar refractivity (Wildman–Crippen MR) is 81.5 cm³/mol. The van der Waals surface area contributed by atoms with Crippen LogP contribution < -0.4 is 0 Å². The van der Waals surface area contributed by atoms with Gasteiger partial charge in [-0.2, -0.15) is 0 Å². The summed E-state index contributed by atoms with van der Waals surface area (Å²) in [4.78, 5) is 25.6. The number of hydrogen-bond donors (Lipinski definition) is 0. The number of carbonyl (C=O) groups is 2. The second-order valence-electron chi connectivity index (χ2n) is 9.22. The van der Waals surface area contributed by atoms with E-state index in [2.05, 4.69) is 0 Å². The van der Waals surface area contributed by atoms with Crippen molar-refractivity contribution in [3.8, 4) is 0 Å². The summed E-state index contributed by atoms with van der Waals surface area (Å²) in [7, 11) is 0. The Kier molecular flexibility index (Phi) is 3.47. The Morgan fingerprint density at radius 1 is 0.600 bits per heavy atom. The molecule has 0 aliphatic heterocycles. The topological polar surface area (TPSA) is 34.1 Å². The van der Waals surface area contributed by atoms with E-state index >= 15 is 0 Å². The van der Waals surface area contributed by atoms with E-state index in [1.54, 1.807) is 0 Å². The molecule has 0 radical (unpaired) electrons. The first-order chi connectivity index (χ1) is 8.93. The summed E-state index contributed by atoms with van der Waals surface area (Å²) in [6.45, 7) is 12.2. The summed E-state index contributed by atoms with van der Waals surface area (Å²) in [6.07, 6.45) is 5.53. The fourth-order valence-corrected chi connectivity index (χ4v) is 4.46. The largest absolute Gasteiger partial charge is 0.298 e. The number of rotatable bonds is 2. The molecule has 2 heteroatoms. The number of hydrogen-bond acceptors (Lipinski definition) is 2. The number of carbonyl (C=O) groups excluding carboxylic acids is 2. The average Bonchev–Trinajstić information content (AvgIpc) is 2.37. The Morgan fingerprint density at radius 3 is 0.950 bits per heavy atom. The average molecular weight is 278 g/mol. The maximum atomic E-state index is 12.8. The summed E-state index contributed by atoms with van der Waals surface area (Å²) in [5.41, 5.74) is -0.771. The maximum absolute atomic E-state index is 12.8. The van der Waals surface area contributed by atoms with E-state index in [1.165, 1.54) is 0 Å². The number of ketones is 2. The van der Waals surface area contributed by atoms with Gasteiger partial charge < -0.3 is 0 Å². The molecule has 3 rings (SSSR count). The van der Waals surface area contributed by atoms with Gasteiger partial charge in [-0.3, -0.25) is 9.59 Å². The minimum atomic E-state index is -0.259. The van der Waals surface area contributed by atoms with Crippen LogP contribution in [-0.2, 0) is 9.59 Å². The van der Waals surface area contributed by atoms with E-state index < -0.39 is 0 Å². The van der Waals surface area contributed by atoms with Crippen molar-refractivity contribution in [1.29, 1.82) is 0 Å². The van der Waals surface area contributed by atoms with Gasteiger partial charge in [0, 0.05) is 21.7 Å². The molecule has 0 aromatic heterocycles. The van der Waals surface area contributed by atoms with Gasteiger partial charge in [-0.25, -0.2) is 0 Å². The zero-order valence-electron chi connectivity index (χ0n) is 14.1. The monoisotopic (exact) mass is 278 g/mol. The van der Waals surface area contributed by atoms with Crippen LogP contribution in [0.4, 0.5) is 0 Å². The molecule has 2 nitrogen and oxygen atoms in total. The molecule has 0 spiro atoms. The fourth-order valence-electron chi connectivity index (χ4n) is 4.46. The van der Waals surface area contributed by atoms with Crippen LogP contribution in [0.2, 0.25) is 0 Å². The molecule has 0 heterocycles. The molecule has 0 N–H and O–H groups in total. The van der Waals surface area contributed by atoms with Crippen molar-refractivity contribution in [1.82, 2.24) is 0 Å². The van der Waals surface area contributed by atoms with Gasteiger partial charge in [0.05, 0.1) is 0 Å². The Balaban J connectivity index is 2.20. The zero-order valence-corrected chi connectivity index (χ0v) is 14.1. The Bertz CT molecular complexity index is 365. The van der Waals surface area contributed by atoms with Gasteiger partial charge in [0.1, 0.15) is 11.6 Å². The SMILES string of the molecule is CC(C)(C)C(=O)C12CCC(C(=O)C(C)(C)C)(CC1)CC2. The highest BCUT2D eigenvalue weighted by Gasteiger charge is 2.57. The van der Waals surface area contributed by atoms with Crippen LogP contribution in [0.25, 0.3) is 0 Å². The lowest BCUT2D eigenvalue weighted by atomic mass is 9.48. The molecule has 3 aliphatic rings. The van der Waals surface area contributed by atoms with E-state index in [0.717, 1.165) is 38.5 Å². The van der Waals surface area contributed by atoms with Crippen LogP contribution in [0.15, 0.2) is 0 Å². The Hall–Kier alpha value is -0.660. The molecular weight excluding hydrogens is 248 g/mol. The van der Waals surface area contributed by atoms with Crippen LogP contribution in [0.3, 0.4) is 0 Å². The summed E-state index contributed by atoms with van der Waals surface area (Å²) >= 11 is 0. The van der Waals surface area contributed by atoms with Crippen LogP contribution >= 0.6 is 0 Å². The second-order valence-corrected chi connectivity index (χ2v) is 9.22. The van der Waals surface area contributed by atoms with Gasteiger partial charge in [-0.15, -0.1) is 0 Å². The minimum Gasteiger partial charge on any atom is -0.298 e. The molecule has 0 unspecified atom stereocenters. The summed E-state index contributed by atoms with van der Waals surface area (Å²) in [6, 6.07) is 0. The predicted octanol–water partition coefficient (Wildman–Crippen LogP) is 4.56. The van der Waals surface area contributed by atoms with Crippen LogP contribution in [-0.4, -0.2) is 11.6 Å². The van der Waals surface area contributed by atoms with E-state index in [1.807, 2.05) is 41.5 Å². The lowest BCUT2D eigenvalue weighted by Gasteiger charge is -2.54. The van der Waals surface area contributed by atoms with Gasteiger partial charge >= 0.3 is 0 Å². The van der Waals surface area contributed by atoms with Crippen molar-refractivity contribution in [3.63, 3.8) is 0 Å². The number of fused-ring (bicyclic) bond motifs is 3. The summed E-state index contributed by atoms with van der Waals surface area (Å²) in [5, 5.41) is 0. The van der Waals surface area contributed by atoms with Crippen LogP contribution in [0, 0.1) is 21.7 Å². The highest BCUT2D eigenvalue weighted by Crippen LogP contribution is 2.60. The van der Waals surface area contributed by atoms with E-state index in [9.17, 15) is 9.59 Å². The molecular formula is C18H30O2. The molecule has 0 saturated heterocycles. The molecule has 3 fully saturated rings. The molecule has 2 bridgehead atoms. The molecule has 0 amide bonds. The first-order valence-corrected chi connectivity index (χ1v) is 8.03. The highest BCUT2D eigenvalue weighted by atomic mass is 16.1. The van der Waals surface area contributed by atoms with E-state index in [0.29, 0.717) is 11.6 Å². The van der Waals surface area contributed by atoms with Gasteiger partial charge in [0.15, 0.2) is 0 Å². The lowest BCUT2D eigenvalue weighted by Crippen LogP contribution is -2.53. The van der Waals surface area contributed by atoms with Gasteiger partial charge in [-0.05, 0) is 38.5 Å². The van der Waals surface area contributed by atoms with Gasteiger partial charge in [0.2, 0.25) is 0 Å². The third-order valence-electron chi connectivity index (χ3n) is 5.57. The van der Waals surface area contributed by atoms with Crippen LogP contribution in [0.5, 0.6) is 0 Å². The molecule has 0 aromatic rings. The molecule has 20 heavy (non-hydrogen) atoms. The normalized spacial score (nSPS) is 34.1. The van der Waals surface area contributed by atoms with Crippen LogP contribution in [0.1, 0.15) is 80.1 Å². The van der Waals surface area contributed by atoms with Crippen molar-refractivity contribution < 1.29 is 9.59 Å². The van der Waals surface area contributed by atoms with Crippen molar-refractivity contribution in [2.75, 3.05) is 0 Å². The highest BCUT2D eigenvalue weighted by molar-refractivity contribution is 5.93. The van der Waals surface area contributed by atoms with E-state index in [4.69, 9.17) is 0 Å². The van der Waals surface area contributed by atoms with Gasteiger partial charge in [-0.1, -0.05) is 41.5 Å². The van der Waals surface area contributed by atoms with Gasteiger partial charge in [0.25, 0.3) is 0 Å². The number of Topliss-reactive ketones (excluding diaryl/α,β-unsaturated/α-hetero) is 2. The fraction of sp³-hybridized carbons (Fsp3) is 0.889. The zero-order chi connectivity index (χ0) is 15.4. The Labute approximate surface area is 123 Å². The van der Waals surface area contributed by atoms with Crippen molar-refractivity contribution >= 4 is 11.6 Å². The van der Waals surface area contributed by atoms with E-state index in [-0.39, 0.29) is 21.7 Å². The lowest BCUT2D eigenvalue weighted by molar-refractivity contribution is -0.156. The third-order valence-corrected chi connectivity index (χ3v) is 5.57. The van der Waals surface area contributed by atoms with Crippen molar-refractivity contribution in [2.45, 2.75) is 80.1 Å². The van der Waals surface area contributed by atoms with Crippen molar-refractivity contribution in [3.05, 3.63) is 0 Å². The first-order valence-electron chi connectivity index (χ1n) is 8.03.